The second-order valence-electron chi connectivity index (χ2n) is 4.43. The van der Waals surface area contributed by atoms with Crippen molar-refractivity contribution in [1.82, 2.24) is 4.98 Å². The Morgan fingerprint density at radius 3 is 2.68 bits per heavy atom. The summed E-state index contributed by atoms with van der Waals surface area (Å²) in [6.45, 7) is 0. The van der Waals surface area contributed by atoms with Gasteiger partial charge in [0.2, 0.25) is 0 Å². The van der Waals surface area contributed by atoms with Crippen LogP contribution in [-0.2, 0) is 12.8 Å². The van der Waals surface area contributed by atoms with E-state index in [1.807, 2.05) is 23.7 Å². The largest absolute Gasteiger partial charge is 0.440 e. The second-order valence-corrected chi connectivity index (χ2v) is 5.38. The molecule has 0 aliphatic rings. The quantitative estimate of drug-likeness (QED) is 0.677. The van der Waals surface area contributed by atoms with Crippen molar-refractivity contribution < 1.29 is 4.42 Å². The highest BCUT2D eigenvalue weighted by Crippen LogP contribution is 2.25. The fourth-order valence-corrected chi connectivity index (χ4v) is 2.72. The summed E-state index contributed by atoms with van der Waals surface area (Å²) in [4.78, 5) is 5.48. The average Bonchev–Trinajstić information content (AvgIpc) is 3.10. The van der Waals surface area contributed by atoms with E-state index in [0.717, 1.165) is 35.8 Å². The molecule has 0 bridgehead atoms. The third kappa shape index (κ3) is 3.12. The molecule has 1 aromatic carbocycles. The van der Waals surface area contributed by atoms with E-state index in [1.54, 1.807) is 11.3 Å². The van der Waals surface area contributed by atoms with Crippen molar-refractivity contribution in [1.29, 1.82) is 0 Å². The van der Waals surface area contributed by atoms with Crippen LogP contribution in [0.25, 0.3) is 10.6 Å². The summed E-state index contributed by atoms with van der Waals surface area (Å²) in [6.07, 6.45) is 4.84. The summed E-state index contributed by atoms with van der Waals surface area (Å²) < 4.78 is 5.77. The second kappa shape index (κ2) is 5.85. The third-order valence-electron chi connectivity index (χ3n) is 3.02. The molecular formula is C16H15NOS. The van der Waals surface area contributed by atoms with Crippen molar-refractivity contribution in [3.05, 3.63) is 65.5 Å². The first kappa shape index (κ1) is 12.2. The molecule has 2 heterocycles. The van der Waals surface area contributed by atoms with Gasteiger partial charge in [-0.05, 0) is 29.9 Å². The van der Waals surface area contributed by atoms with Crippen LogP contribution in [0.1, 0.15) is 17.9 Å². The predicted octanol–water partition coefficient (Wildman–Crippen LogP) is 4.58. The van der Waals surface area contributed by atoms with Gasteiger partial charge in [0.1, 0.15) is 0 Å². The van der Waals surface area contributed by atoms with Gasteiger partial charge in [-0.3, -0.25) is 0 Å². The molecule has 0 saturated carbocycles. The van der Waals surface area contributed by atoms with E-state index in [4.69, 9.17) is 4.42 Å². The molecule has 0 atom stereocenters. The Balaban J connectivity index is 1.56. The van der Waals surface area contributed by atoms with Gasteiger partial charge in [0.05, 0.1) is 11.1 Å². The standard InChI is InChI=1S/C16H15NOS/c1-2-6-13(7-3-1)8-4-10-16-17-12-14(18-16)15-9-5-11-19-15/h1-3,5-7,9,11-12H,4,8,10H2. The van der Waals surface area contributed by atoms with E-state index in [0.29, 0.717) is 0 Å². The van der Waals surface area contributed by atoms with Crippen molar-refractivity contribution in [3.8, 4) is 10.6 Å². The number of oxazole rings is 1. The SMILES string of the molecule is c1ccc(CCCc2ncc(-c3cccs3)o2)cc1. The van der Waals surface area contributed by atoms with Crippen molar-refractivity contribution in [2.24, 2.45) is 0 Å². The molecular weight excluding hydrogens is 254 g/mol. The maximum atomic E-state index is 5.77. The maximum absolute atomic E-state index is 5.77. The van der Waals surface area contributed by atoms with Crippen LogP contribution >= 0.6 is 11.3 Å². The van der Waals surface area contributed by atoms with Gasteiger partial charge in [0.25, 0.3) is 0 Å². The lowest BCUT2D eigenvalue weighted by Gasteiger charge is -1.98. The molecule has 19 heavy (non-hydrogen) atoms. The van der Waals surface area contributed by atoms with E-state index < -0.39 is 0 Å². The van der Waals surface area contributed by atoms with Crippen LogP contribution in [0.5, 0.6) is 0 Å². The molecule has 0 N–H and O–H groups in total. The minimum absolute atomic E-state index is 0.833. The van der Waals surface area contributed by atoms with Crippen LogP contribution in [0.15, 0.2) is 58.5 Å². The maximum Gasteiger partial charge on any atom is 0.194 e. The average molecular weight is 269 g/mol. The molecule has 0 unspecified atom stereocenters. The van der Waals surface area contributed by atoms with Gasteiger partial charge in [-0.25, -0.2) is 4.98 Å². The topological polar surface area (TPSA) is 26.0 Å². The molecule has 0 radical (unpaired) electrons. The van der Waals surface area contributed by atoms with Gasteiger partial charge in [0, 0.05) is 6.42 Å². The van der Waals surface area contributed by atoms with Gasteiger partial charge >= 0.3 is 0 Å². The van der Waals surface area contributed by atoms with E-state index in [9.17, 15) is 0 Å². The number of thiophene rings is 1. The van der Waals surface area contributed by atoms with E-state index >= 15 is 0 Å². The van der Waals surface area contributed by atoms with Crippen LogP contribution in [0, 0.1) is 0 Å². The normalized spacial score (nSPS) is 10.7. The number of hydrogen-bond acceptors (Lipinski definition) is 3. The Labute approximate surface area is 116 Å². The van der Waals surface area contributed by atoms with Crippen LogP contribution in [0.2, 0.25) is 0 Å². The Bertz CT molecular complexity index is 613. The molecule has 0 fully saturated rings. The Morgan fingerprint density at radius 2 is 1.89 bits per heavy atom. The van der Waals surface area contributed by atoms with Gasteiger partial charge in [-0.1, -0.05) is 36.4 Å². The lowest BCUT2D eigenvalue weighted by Crippen LogP contribution is -1.89. The van der Waals surface area contributed by atoms with Crippen molar-refractivity contribution in [2.45, 2.75) is 19.3 Å². The van der Waals surface area contributed by atoms with E-state index in [-0.39, 0.29) is 0 Å². The number of aryl methyl sites for hydroxylation is 2. The fraction of sp³-hybridized carbons (Fsp3) is 0.188. The minimum Gasteiger partial charge on any atom is -0.440 e. The van der Waals surface area contributed by atoms with Crippen LogP contribution < -0.4 is 0 Å². The zero-order chi connectivity index (χ0) is 12.9. The highest BCUT2D eigenvalue weighted by molar-refractivity contribution is 7.13. The lowest BCUT2D eigenvalue weighted by molar-refractivity contribution is 0.499. The summed E-state index contributed by atoms with van der Waals surface area (Å²) in [6, 6.07) is 14.6. The summed E-state index contributed by atoms with van der Waals surface area (Å²) in [5.74, 6) is 1.71. The van der Waals surface area contributed by atoms with Crippen LogP contribution in [0.3, 0.4) is 0 Å². The smallest absolute Gasteiger partial charge is 0.194 e. The molecule has 0 aliphatic carbocycles. The Morgan fingerprint density at radius 1 is 1.00 bits per heavy atom. The highest BCUT2D eigenvalue weighted by atomic mass is 32.1. The highest BCUT2D eigenvalue weighted by Gasteiger charge is 2.06. The minimum atomic E-state index is 0.833. The zero-order valence-electron chi connectivity index (χ0n) is 10.6. The van der Waals surface area contributed by atoms with Crippen molar-refractivity contribution in [2.75, 3.05) is 0 Å². The number of rotatable bonds is 5. The molecule has 2 nitrogen and oxygen atoms in total. The summed E-state index contributed by atoms with van der Waals surface area (Å²) in [5.41, 5.74) is 1.37. The van der Waals surface area contributed by atoms with E-state index in [1.165, 1.54) is 5.56 Å². The van der Waals surface area contributed by atoms with Gasteiger partial charge in [-0.15, -0.1) is 11.3 Å². The molecule has 0 saturated heterocycles. The predicted molar refractivity (Wildman–Crippen MR) is 78.3 cm³/mol. The first-order chi connectivity index (χ1) is 9.42. The van der Waals surface area contributed by atoms with Crippen molar-refractivity contribution in [3.63, 3.8) is 0 Å². The van der Waals surface area contributed by atoms with Gasteiger partial charge in [-0.2, -0.15) is 0 Å². The number of aromatic nitrogens is 1. The summed E-state index contributed by atoms with van der Waals surface area (Å²) in [7, 11) is 0. The van der Waals surface area contributed by atoms with Gasteiger partial charge < -0.3 is 4.42 Å². The number of nitrogens with zero attached hydrogens (tertiary/aromatic N) is 1. The molecule has 3 rings (SSSR count). The molecule has 0 aliphatic heterocycles. The van der Waals surface area contributed by atoms with E-state index in [2.05, 4.69) is 35.3 Å². The first-order valence-electron chi connectivity index (χ1n) is 6.44. The van der Waals surface area contributed by atoms with Gasteiger partial charge in [0.15, 0.2) is 11.7 Å². The third-order valence-corrected chi connectivity index (χ3v) is 3.90. The van der Waals surface area contributed by atoms with Crippen LogP contribution in [-0.4, -0.2) is 4.98 Å². The lowest BCUT2D eigenvalue weighted by atomic mass is 10.1. The van der Waals surface area contributed by atoms with Crippen LogP contribution in [0.4, 0.5) is 0 Å². The monoisotopic (exact) mass is 269 g/mol. The van der Waals surface area contributed by atoms with Crippen molar-refractivity contribution >= 4 is 11.3 Å². The molecule has 3 aromatic rings. The fourth-order valence-electron chi connectivity index (χ4n) is 2.05. The first-order valence-corrected chi connectivity index (χ1v) is 7.32. The molecule has 96 valence electrons. The Hall–Kier alpha value is -1.87. The summed E-state index contributed by atoms with van der Waals surface area (Å²) in [5, 5.41) is 2.05. The summed E-state index contributed by atoms with van der Waals surface area (Å²) >= 11 is 1.68. The zero-order valence-corrected chi connectivity index (χ0v) is 11.4. The number of benzene rings is 1. The molecule has 0 amide bonds. The molecule has 3 heteroatoms. The molecule has 0 spiro atoms. The Kier molecular flexibility index (Phi) is 3.75. The number of hydrogen-bond donors (Lipinski definition) is 0. The molecule has 2 aromatic heterocycles.